The average Bonchev–Trinajstić information content (AvgIpc) is 2.67. The van der Waals surface area contributed by atoms with E-state index in [0.29, 0.717) is 12.2 Å². The van der Waals surface area contributed by atoms with Crippen LogP contribution in [0.3, 0.4) is 0 Å². The van der Waals surface area contributed by atoms with Gasteiger partial charge in [-0.25, -0.2) is 0 Å². The average molecular weight is 469 g/mol. The smallest absolute Gasteiger partial charge is 0.416 e. The number of halogens is 5. The fourth-order valence-corrected chi connectivity index (χ4v) is 2.74. The van der Waals surface area contributed by atoms with Gasteiger partial charge in [0.05, 0.1) is 11.7 Å². The van der Waals surface area contributed by atoms with E-state index in [0.717, 1.165) is 24.1 Å². The highest BCUT2D eigenvalue weighted by molar-refractivity contribution is 5.85. The first kappa shape index (κ1) is 28.5. The summed E-state index contributed by atoms with van der Waals surface area (Å²) in [6, 6.07) is 12.4. The second-order valence-corrected chi connectivity index (χ2v) is 6.86. The van der Waals surface area contributed by atoms with E-state index < -0.39 is 17.8 Å². The molecule has 0 radical (unpaired) electrons. The summed E-state index contributed by atoms with van der Waals surface area (Å²) in [6.07, 6.45) is -4.35. The molecule has 4 N–H and O–H groups in total. The van der Waals surface area contributed by atoms with Crippen LogP contribution in [-0.2, 0) is 12.6 Å². The Morgan fingerprint density at radius 1 is 1.10 bits per heavy atom. The first-order valence-electron chi connectivity index (χ1n) is 9.28. The van der Waals surface area contributed by atoms with Crippen molar-refractivity contribution in [1.29, 1.82) is 0 Å². The molecular weight excluding hydrogens is 440 g/mol. The fraction of sp³-hybridized carbons (Fsp3) is 0.429. The SMILES string of the molecule is CCC(N)Oc1ccc(CC(C)NCC(O)c2cccc(C(F)(F)F)c2)cc1.Cl.Cl. The van der Waals surface area contributed by atoms with Crippen molar-refractivity contribution in [1.82, 2.24) is 5.32 Å². The molecule has 2 aromatic rings. The summed E-state index contributed by atoms with van der Waals surface area (Å²) in [4.78, 5) is 0. The van der Waals surface area contributed by atoms with Crippen LogP contribution in [-0.4, -0.2) is 23.9 Å². The third-order valence-electron chi connectivity index (χ3n) is 4.41. The predicted octanol–water partition coefficient (Wildman–Crippen LogP) is 4.88. The van der Waals surface area contributed by atoms with Gasteiger partial charge in [0.2, 0.25) is 0 Å². The van der Waals surface area contributed by atoms with Crippen molar-refractivity contribution in [2.24, 2.45) is 5.73 Å². The number of aliphatic hydroxyl groups is 1. The molecule has 0 aromatic heterocycles. The molecule has 170 valence electrons. The normalized spacial score (nSPS) is 14.1. The van der Waals surface area contributed by atoms with Crippen LogP contribution in [0.2, 0.25) is 0 Å². The lowest BCUT2D eigenvalue weighted by Gasteiger charge is -2.19. The number of ether oxygens (including phenoxy) is 1. The molecule has 3 atom stereocenters. The van der Waals surface area contributed by atoms with E-state index in [9.17, 15) is 18.3 Å². The van der Waals surface area contributed by atoms with Crippen molar-refractivity contribution in [3.8, 4) is 5.75 Å². The molecule has 0 aliphatic rings. The summed E-state index contributed by atoms with van der Waals surface area (Å²) >= 11 is 0. The maximum absolute atomic E-state index is 12.8. The second kappa shape index (κ2) is 13.0. The van der Waals surface area contributed by atoms with Crippen LogP contribution in [0.15, 0.2) is 48.5 Å². The van der Waals surface area contributed by atoms with E-state index in [4.69, 9.17) is 10.5 Å². The van der Waals surface area contributed by atoms with Gasteiger partial charge < -0.3 is 15.2 Å². The largest absolute Gasteiger partial charge is 0.476 e. The highest BCUT2D eigenvalue weighted by Gasteiger charge is 2.30. The minimum absolute atomic E-state index is 0. The lowest BCUT2D eigenvalue weighted by molar-refractivity contribution is -0.137. The van der Waals surface area contributed by atoms with Gasteiger partial charge in [-0.05, 0) is 55.2 Å². The molecule has 0 bridgehead atoms. The number of nitrogens with one attached hydrogen (secondary N) is 1. The molecule has 0 saturated carbocycles. The third kappa shape index (κ3) is 9.10. The lowest BCUT2D eigenvalue weighted by atomic mass is 10.0. The van der Waals surface area contributed by atoms with Gasteiger partial charge in [-0.15, -0.1) is 24.8 Å². The quantitative estimate of drug-likeness (QED) is 0.458. The summed E-state index contributed by atoms with van der Waals surface area (Å²) in [5, 5.41) is 13.4. The monoisotopic (exact) mass is 468 g/mol. The fourth-order valence-electron chi connectivity index (χ4n) is 2.74. The maximum Gasteiger partial charge on any atom is 0.416 e. The molecule has 9 heteroatoms. The summed E-state index contributed by atoms with van der Waals surface area (Å²) in [7, 11) is 0. The topological polar surface area (TPSA) is 67.5 Å². The maximum atomic E-state index is 12.8. The van der Waals surface area contributed by atoms with Crippen LogP contribution in [0, 0.1) is 0 Å². The molecule has 0 aliphatic carbocycles. The predicted molar refractivity (Wildman–Crippen MR) is 117 cm³/mol. The first-order valence-corrected chi connectivity index (χ1v) is 9.28. The number of benzene rings is 2. The van der Waals surface area contributed by atoms with Gasteiger partial charge >= 0.3 is 6.18 Å². The van der Waals surface area contributed by atoms with Gasteiger partial charge in [-0.2, -0.15) is 13.2 Å². The lowest BCUT2D eigenvalue weighted by Crippen LogP contribution is -2.32. The van der Waals surface area contributed by atoms with Gasteiger partial charge in [-0.1, -0.05) is 31.2 Å². The van der Waals surface area contributed by atoms with Crippen molar-refractivity contribution >= 4 is 24.8 Å². The zero-order valence-electron chi connectivity index (χ0n) is 16.9. The van der Waals surface area contributed by atoms with Crippen LogP contribution < -0.4 is 15.8 Å². The Bertz CT molecular complexity index is 746. The van der Waals surface area contributed by atoms with Gasteiger partial charge in [0, 0.05) is 12.6 Å². The Labute approximate surface area is 187 Å². The summed E-state index contributed by atoms with van der Waals surface area (Å²) in [5.41, 5.74) is 6.31. The molecule has 3 unspecified atom stereocenters. The highest BCUT2D eigenvalue weighted by Crippen LogP contribution is 2.30. The molecule has 0 aliphatic heterocycles. The zero-order chi connectivity index (χ0) is 20.7. The zero-order valence-corrected chi connectivity index (χ0v) is 18.5. The number of alkyl halides is 3. The Morgan fingerprint density at radius 2 is 1.73 bits per heavy atom. The Kier molecular flexibility index (Phi) is 12.4. The summed E-state index contributed by atoms with van der Waals surface area (Å²) < 4.78 is 43.9. The van der Waals surface area contributed by atoms with Gasteiger partial charge in [0.25, 0.3) is 0 Å². The molecule has 0 fully saturated rings. The minimum Gasteiger partial charge on any atom is -0.476 e. The van der Waals surface area contributed by atoms with E-state index in [-0.39, 0.29) is 49.2 Å². The standard InChI is InChI=1S/C21H27F3N2O2.2ClH/c1-3-20(25)28-18-9-7-15(8-10-18)11-14(2)26-13-19(27)16-5-4-6-17(12-16)21(22,23)24;;/h4-10,12,14,19-20,26-27H,3,11,13,25H2,1-2H3;2*1H. The first-order chi connectivity index (χ1) is 13.2. The van der Waals surface area contributed by atoms with Crippen molar-refractivity contribution in [2.75, 3.05) is 6.54 Å². The van der Waals surface area contributed by atoms with Gasteiger partial charge in [-0.3, -0.25) is 5.73 Å². The molecule has 0 amide bonds. The van der Waals surface area contributed by atoms with E-state index in [2.05, 4.69) is 5.32 Å². The van der Waals surface area contributed by atoms with E-state index in [1.54, 1.807) is 0 Å². The van der Waals surface area contributed by atoms with Crippen LogP contribution in [0.5, 0.6) is 5.75 Å². The number of nitrogens with two attached hydrogens (primary N) is 1. The van der Waals surface area contributed by atoms with Crippen molar-refractivity contribution in [3.05, 3.63) is 65.2 Å². The molecule has 2 aromatic carbocycles. The van der Waals surface area contributed by atoms with Gasteiger partial charge in [0.15, 0.2) is 0 Å². The number of hydrogen-bond acceptors (Lipinski definition) is 4. The molecule has 2 rings (SSSR count). The summed E-state index contributed by atoms with van der Waals surface area (Å²) in [6.45, 7) is 4.06. The van der Waals surface area contributed by atoms with E-state index >= 15 is 0 Å². The molecule has 0 saturated heterocycles. The van der Waals surface area contributed by atoms with E-state index in [1.807, 2.05) is 38.1 Å². The van der Waals surface area contributed by atoms with Crippen LogP contribution >= 0.6 is 24.8 Å². The van der Waals surface area contributed by atoms with Crippen LogP contribution in [0.25, 0.3) is 0 Å². The van der Waals surface area contributed by atoms with Crippen molar-refractivity contribution < 1.29 is 23.0 Å². The summed E-state index contributed by atoms with van der Waals surface area (Å²) in [5.74, 6) is 0.707. The molecule has 4 nitrogen and oxygen atoms in total. The second-order valence-electron chi connectivity index (χ2n) is 6.86. The van der Waals surface area contributed by atoms with E-state index in [1.165, 1.54) is 12.1 Å². The van der Waals surface area contributed by atoms with Crippen LogP contribution in [0.4, 0.5) is 13.2 Å². The number of hydrogen-bond donors (Lipinski definition) is 3. The highest BCUT2D eigenvalue weighted by atomic mass is 35.5. The minimum atomic E-state index is -4.42. The molecular formula is C21H29Cl2F3N2O2. The third-order valence-corrected chi connectivity index (χ3v) is 4.41. The Balaban J connectivity index is 0.00000420. The molecule has 0 spiro atoms. The van der Waals surface area contributed by atoms with Crippen molar-refractivity contribution in [2.45, 2.75) is 51.2 Å². The number of rotatable bonds is 9. The van der Waals surface area contributed by atoms with Crippen LogP contribution in [0.1, 0.15) is 43.1 Å². The number of aliphatic hydroxyl groups excluding tert-OH is 1. The van der Waals surface area contributed by atoms with Gasteiger partial charge in [0.1, 0.15) is 12.0 Å². The van der Waals surface area contributed by atoms with Crippen molar-refractivity contribution in [3.63, 3.8) is 0 Å². The Morgan fingerprint density at radius 3 is 2.30 bits per heavy atom. The Hall–Kier alpha value is -1.51. The molecule has 30 heavy (non-hydrogen) atoms. The molecule has 0 heterocycles.